The summed E-state index contributed by atoms with van der Waals surface area (Å²) >= 11 is 0. The Kier molecular flexibility index (Phi) is 8.03. The van der Waals surface area contributed by atoms with E-state index in [0.717, 1.165) is 78.0 Å². The van der Waals surface area contributed by atoms with Crippen LogP contribution in [-0.4, -0.2) is 92.1 Å². The summed E-state index contributed by atoms with van der Waals surface area (Å²) in [6.07, 6.45) is 7.89. The molecule has 51 heavy (non-hydrogen) atoms. The Balaban J connectivity index is 0.928. The number of imidazole rings is 2. The number of carbonyl (C=O) groups excluding carboxylic acids is 3. The van der Waals surface area contributed by atoms with Crippen molar-refractivity contribution in [1.29, 1.82) is 0 Å². The molecule has 4 heterocycles. The molecule has 0 bridgehead atoms. The smallest absolute Gasteiger partial charge is 0.407 e. The molecule has 2 aliphatic heterocycles. The van der Waals surface area contributed by atoms with Crippen LogP contribution >= 0.6 is 0 Å². The summed E-state index contributed by atoms with van der Waals surface area (Å²) in [4.78, 5) is 68.4. The van der Waals surface area contributed by atoms with E-state index in [1.165, 1.54) is 7.11 Å². The fourth-order valence-electron chi connectivity index (χ4n) is 7.76. The first-order valence-electron chi connectivity index (χ1n) is 17.3. The summed E-state index contributed by atoms with van der Waals surface area (Å²) in [6.45, 7) is 0.928. The first-order chi connectivity index (χ1) is 24.6. The quantitative estimate of drug-likeness (QED) is 0.165. The van der Waals surface area contributed by atoms with Gasteiger partial charge in [0.1, 0.15) is 24.7 Å². The molecule has 0 radical (unpaired) electrons. The van der Waals surface area contributed by atoms with E-state index in [1.54, 1.807) is 4.90 Å². The maximum absolute atomic E-state index is 13.0. The Morgan fingerprint density at radius 2 is 1.14 bits per heavy atom. The zero-order valence-electron chi connectivity index (χ0n) is 28.3. The minimum atomic E-state index is -1.21. The molecule has 4 amide bonds. The third kappa shape index (κ3) is 6.53. The molecule has 2 spiro atoms. The number of aromatic nitrogens is 4. The lowest BCUT2D eigenvalue weighted by atomic mass is 10.0. The Hall–Kier alpha value is -5.66. The van der Waals surface area contributed by atoms with Gasteiger partial charge in [-0.2, -0.15) is 0 Å². The van der Waals surface area contributed by atoms with Gasteiger partial charge in [-0.15, -0.1) is 0 Å². The average molecular weight is 693 g/mol. The number of ether oxygens (including phenoxy) is 1. The number of carbonyl (C=O) groups is 4. The van der Waals surface area contributed by atoms with Crippen LogP contribution in [0.25, 0.3) is 33.6 Å². The van der Waals surface area contributed by atoms with Gasteiger partial charge in [0.15, 0.2) is 0 Å². The second-order valence-corrected chi connectivity index (χ2v) is 14.5. The first kappa shape index (κ1) is 32.5. The molecule has 2 aromatic carbocycles. The number of benzene rings is 2. The van der Waals surface area contributed by atoms with Crippen molar-refractivity contribution < 1.29 is 29.0 Å². The zero-order chi connectivity index (χ0) is 35.3. The predicted octanol–water partition coefficient (Wildman–Crippen LogP) is 4.86. The van der Waals surface area contributed by atoms with Gasteiger partial charge in [-0.05, 0) is 60.5 Å². The number of methoxy groups -OCH3 is 1. The summed E-state index contributed by atoms with van der Waals surface area (Å²) in [5.41, 5.74) is 5.85. The molecule has 2 saturated heterocycles. The molecule has 2 atom stereocenters. The largest absolute Gasteiger partial charge is 0.465 e. The monoisotopic (exact) mass is 692 g/mol. The Morgan fingerprint density at radius 1 is 0.725 bits per heavy atom. The molecule has 2 aromatic heterocycles. The number of hydrogen-bond acceptors (Lipinski definition) is 7. The third-order valence-electron chi connectivity index (χ3n) is 11.1. The van der Waals surface area contributed by atoms with E-state index in [0.29, 0.717) is 18.9 Å². The number of nitrogens with zero attached hydrogens (tertiary/aromatic N) is 4. The van der Waals surface area contributed by atoms with E-state index < -0.39 is 12.2 Å². The normalized spacial score (nSPS) is 20.8. The summed E-state index contributed by atoms with van der Waals surface area (Å²) in [6, 6.07) is 16.0. The van der Waals surface area contributed by atoms with Crippen molar-refractivity contribution in [2.75, 3.05) is 33.3 Å². The van der Waals surface area contributed by atoms with E-state index in [2.05, 4.69) is 49.6 Å². The molecule has 4 aliphatic rings. The van der Waals surface area contributed by atoms with Crippen LogP contribution in [0.5, 0.6) is 0 Å². The Morgan fingerprint density at radius 3 is 1.53 bits per heavy atom. The number of rotatable bonds is 9. The maximum Gasteiger partial charge on any atom is 0.407 e. The second kappa shape index (κ2) is 12.6. The van der Waals surface area contributed by atoms with E-state index >= 15 is 0 Å². The van der Waals surface area contributed by atoms with Crippen LogP contribution in [0.4, 0.5) is 9.59 Å². The van der Waals surface area contributed by atoms with Crippen LogP contribution < -0.4 is 10.6 Å². The third-order valence-corrected chi connectivity index (χ3v) is 11.1. The second-order valence-electron chi connectivity index (χ2n) is 14.5. The van der Waals surface area contributed by atoms with Crippen molar-refractivity contribution in [2.45, 2.75) is 50.6 Å². The van der Waals surface area contributed by atoms with Crippen LogP contribution in [0.2, 0.25) is 0 Å². The molecular weight excluding hydrogens is 652 g/mol. The maximum atomic E-state index is 13.0. The van der Waals surface area contributed by atoms with Gasteiger partial charge in [-0.25, -0.2) is 19.6 Å². The van der Waals surface area contributed by atoms with Crippen LogP contribution in [0.3, 0.4) is 0 Å². The molecule has 14 heteroatoms. The number of likely N-dealkylation sites (tertiary alicyclic amines) is 2. The van der Waals surface area contributed by atoms with E-state index in [-0.39, 0.29) is 47.8 Å². The first-order valence-corrected chi connectivity index (χ1v) is 17.3. The Bertz CT molecular complexity index is 1980. The molecule has 14 nitrogen and oxygen atoms in total. The van der Waals surface area contributed by atoms with E-state index in [4.69, 9.17) is 15.1 Å². The van der Waals surface area contributed by atoms with Crippen molar-refractivity contribution in [3.8, 4) is 33.6 Å². The fraction of sp³-hybridized carbons (Fsp3) is 0.405. The Labute approximate surface area is 294 Å². The highest BCUT2D eigenvalue weighted by Crippen LogP contribution is 2.59. The molecule has 2 saturated carbocycles. The van der Waals surface area contributed by atoms with Gasteiger partial charge in [0, 0.05) is 36.6 Å². The molecule has 264 valence electrons. The van der Waals surface area contributed by atoms with Crippen LogP contribution in [0.15, 0.2) is 60.9 Å². The van der Waals surface area contributed by atoms with Crippen LogP contribution in [-0.2, 0) is 14.3 Å². The van der Waals surface area contributed by atoms with Crippen LogP contribution in [0.1, 0.15) is 62.3 Å². The van der Waals surface area contributed by atoms with Gasteiger partial charge in [0.05, 0.1) is 30.6 Å². The summed E-state index contributed by atoms with van der Waals surface area (Å²) < 4.78 is 4.62. The highest BCUT2D eigenvalue weighted by molar-refractivity contribution is 5.83. The number of H-pyrrole nitrogens is 2. The van der Waals surface area contributed by atoms with Crippen molar-refractivity contribution in [3.05, 3.63) is 72.6 Å². The summed E-state index contributed by atoms with van der Waals surface area (Å²) in [7, 11) is 1.27. The number of carboxylic acid groups (broad SMARTS) is 1. The molecular formula is C37H40N8O6. The predicted molar refractivity (Wildman–Crippen MR) is 185 cm³/mol. The van der Waals surface area contributed by atoms with Crippen molar-refractivity contribution in [1.82, 2.24) is 40.4 Å². The standard InChI is InChI=1S/C37H40N8O6/c1-51-35(50)41-19-31(47)45-21-37(12-13-37)15-29(45)33-39-17-27(43-33)25-8-4-23(5-9-25)22-2-6-24(7-3-22)26-16-38-32(42-26)28-14-36(10-11-36)20-44(28)30(46)18-40-34(48)49/h2-9,16-17,28-29,40H,10-15,18-21H2,1H3,(H,38,42)(H,39,43)(H,41,50)(H,48,49)/t28?,29-/m0/s1. The number of amides is 4. The highest BCUT2D eigenvalue weighted by Gasteiger charge is 2.55. The minimum absolute atomic E-state index is 0.115. The molecule has 8 rings (SSSR count). The summed E-state index contributed by atoms with van der Waals surface area (Å²) in [5.74, 6) is 1.07. The van der Waals surface area contributed by atoms with Gasteiger partial charge in [0.2, 0.25) is 11.8 Å². The fourth-order valence-corrected chi connectivity index (χ4v) is 7.76. The van der Waals surface area contributed by atoms with Crippen molar-refractivity contribution >= 4 is 24.0 Å². The van der Waals surface area contributed by atoms with Gasteiger partial charge >= 0.3 is 12.2 Å². The highest BCUT2D eigenvalue weighted by atomic mass is 16.5. The van der Waals surface area contributed by atoms with E-state index in [9.17, 15) is 19.2 Å². The lowest BCUT2D eigenvalue weighted by Crippen LogP contribution is -2.40. The molecule has 4 fully saturated rings. The zero-order valence-corrected chi connectivity index (χ0v) is 28.3. The number of nitrogens with one attached hydrogen (secondary N) is 4. The number of hydrogen-bond donors (Lipinski definition) is 5. The number of alkyl carbamates (subject to hydrolysis) is 1. The lowest BCUT2D eigenvalue weighted by Gasteiger charge is -2.23. The van der Waals surface area contributed by atoms with Gasteiger partial charge in [-0.1, -0.05) is 48.5 Å². The SMILES string of the molecule is COC(=O)NCC(=O)N1CC2(CC2)C[C@H]1c1nc(-c2ccc(-c3ccc(-c4c[nH]c(C5CC6(CC6)CN5C(=O)CNC(=O)O)n4)cc3)cc2)c[nH]1. The minimum Gasteiger partial charge on any atom is -0.465 e. The molecule has 5 N–H and O–H groups in total. The van der Waals surface area contributed by atoms with Crippen molar-refractivity contribution in [3.63, 3.8) is 0 Å². The number of aromatic amines is 2. The molecule has 1 unspecified atom stereocenters. The lowest BCUT2D eigenvalue weighted by molar-refractivity contribution is -0.132. The average Bonchev–Trinajstić information content (AvgIpc) is 3.72. The summed E-state index contributed by atoms with van der Waals surface area (Å²) in [5, 5.41) is 13.7. The van der Waals surface area contributed by atoms with Gasteiger partial charge in [0.25, 0.3) is 0 Å². The molecule has 4 aromatic rings. The van der Waals surface area contributed by atoms with Gasteiger partial charge in [-0.3, -0.25) is 9.59 Å². The van der Waals surface area contributed by atoms with Crippen LogP contribution in [0, 0.1) is 10.8 Å². The van der Waals surface area contributed by atoms with E-state index in [1.807, 2.05) is 41.6 Å². The van der Waals surface area contributed by atoms with Gasteiger partial charge < -0.3 is 40.2 Å². The van der Waals surface area contributed by atoms with Crippen molar-refractivity contribution in [2.24, 2.45) is 10.8 Å². The molecule has 2 aliphatic carbocycles. The topological polar surface area (TPSA) is 186 Å².